The van der Waals surface area contributed by atoms with Crippen molar-refractivity contribution in [1.82, 2.24) is 10.2 Å². The first kappa shape index (κ1) is 14.3. The average molecular weight is 256 g/mol. The molecule has 0 aromatic rings. The highest BCUT2D eigenvalue weighted by atomic mass is 16.5. The Balaban J connectivity index is 1.95. The van der Waals surface area contributed by atoms with Crippen LogP contribution in [-0.4, -0.2) is 63.5 Å². The van der Waals surface area contributed by atoms with Crippen molar-refractivity contribution in [2.45, 2.75) is 25.9 Å². The molecule has 0 saturated carbocycles. The molecule has 0 radical (unpaired) electrons. The smallest absolute Gasteiger partial charge is 0.106 e. The minimum atomic E-state index is -0.0634. The Morgan fingerprint density at radius 3 is 2.44 bits per heavy atom. The Morgan fingerprint density at radius 2 is 1.94 bits per heavy atom. The summed E-state index contributed by atoms with van der Waals surface area (Å²) in [7, 11) is 1.83. The molecule has 3 atom stereocenters. The van der Waals surface area contributed by atoms with Crippen molar-refractivity contribution in [2.75, 3.05) is 53.0 Å². The van der Waals surface area contributed by atoms with Gasteiger partial charge < -0.3 is 14.8 Å². The van der Waals surface area contributed by atoms with Gasteiger partial charge in [-0.05, 0) is 24.9 Å². The topological polar surface area (TPSA) is 33.7 Å². The van der Waals surface area contributed by atoms with Crippen molar-refractivity contribution < 1.29 is 9.47 Å². The van der Waals surface area contributed by atoms with Gasteiger partial charge in [0.25, 0.3) is 0 Å². The molecule has 0 bridgehead atoms. The lowest BCUT2D eigenvalue weighted by Gasteiger charge is -2.37. The maximum atomic E-state index is 5.76. The molecule has 2 aliphatic heterocycles. The summed E-state index contributed by atoms with van der Waals surface area (Å²) in [6.07, 6.45) is 1.03. The van der Waals surface area contributed by atoms with Crippen molar-refractivity contribution in [3.63, 3.8) is 0 Å². The van der Waals surface area contributed by atoms with E-state index in [9.17, 15) is 0 Å². The van der Waals surface area contributed by atoms with Gasteiger partial charge in [0, 0.05) is 39.8 Å². The number of methoxy groups -OCH3 is 1. The van der Waals surface area contributed by atoms with Gasteiger partial charge in [-0.1, -0.05) is 13.8 Å². The predicted octanol–water partition coefficient (Wildman–Crippen LogP) is 0.969. The zero-order chi connectivity index (χ0) is 13.0. The minimum absolute atomic E-state index is 0.0634. The number of rotatable bonds is 3. The van der Waals surface area contributed by atoms with Crippen LogP contribution in [0.5, 0.6) is 0 Å². The molecule has 4 heteroatoms. The molecule has 2 fully saturated rings. The molecule has 0 aromatic heterocycles. The van der Waals surface area contributed by atoms with Crippen LogP contribution >= 0.6 is 0 Å². The highest BCUT2D eigenvalue weighted by Gasteiger charge is 2.37. The molecule has 4 nitrogen and oxygen atoms in total. The van der Waals surface area contributed by atoms with Crippen molar-refractivity contribution in [3.05, 3.63) is 0 Å². The number of hydrogen-bond acceptors (Lipinski definition) is 4. The molecular formula is C14H28N2O2. The Labute approximate surface area is 111 Å². The molecule has 3 unspecified atom stereocenters. The molecule has 2 aliphatic rings. The van der Waals surface area contributed by atoms with E-state index in [1.54, 1.807) is 0 Å². The Kier molecular flexibility index (Phi) is 5.01. The van der Waals surface area contributed by atoms with Gasteiger partial charge in [-0.3, -0.25) is 4.90 Å². The number of nitrogens with zero attached hydrogens (tertiary/aromatic N) is 1. The highest BCUT2D eigenvalue weighted by molar-refractivity contribution is 4.89. The van der Waals surface area contributed by atoms with Crippen molar-refractivity contribution >= 4 is 0 Å². The highest BCUT2D eigenvalue weighted by Crippen LogP contribution is 2.24. The van der Waals surface area contributed by atoms with Gasteiger partial charge >= 0.3 is 0 Å². The molecule has 18 heavy (non-hydrogen) atoms. The van der Waals surface area contributed by atoms with E-state index in [1.807, 2.05) is 7.11 Å². The van der Waals surface area contributed by atoms with E-state index in [1.165, 1.54) is 0 Å². The second-order valence-electron chi connectivity index (χ2n) is 6.25. The lowest BCUT2D eigenvalue weighted by Crippen LogP contribution is -2.50. The molecule has 106 valence electrons. The van der Waals surface area contributed by atoms with Gasteiger partial charge in [0.15, 0.2) is 0 Å². The zero-order valence-electron chi connectivity index (χ0n) is 12.1. The lowest BCUT2D eigenvalue weighted by molar-refractivity contribution is -0.0458. The maximum absolute atomic E-state index is 5.76. The molecule has 0 spiro atoms. The first-order valence-corrected chi connectivity index (χ1v) is 7.19. The minimum Gasteiger partial charge on any atom is -0.378 e. The summed E-state index contributed by atoms with van der Waals surface area (Å²) >= 11 is 0. The van der Waals surface area contributed by atoms with Gasteiger partial charge in [0.1, 0.15) is 5.60 Å². The second kappa shape index (κ2) is 6.33. The van der Waals surface area contributed by atoms with Crippen molar-refractivity contribution in [2.24, 2.45) is 11.8 Å². The first-order valence-electron chi connectivity index (χ1n) is 7.19. The van der Waals surface area contributed by atoms with Gasteiger partial charge in [0.2, 0.25) is 0 Å². The van der Waals surface area contributed by atoms with Gasteiger partial charge in [-0.25, -0.2) is 0 Å². The summed E-state index contributed by atoms with van der Waals surface area (Å²) in [6.45, 7) is 11.8. The van der Waals surface area contributed by atoms with Gasteiger partial charge in [-0.2, -0.15) is 0 Å². The molecular weight excluding hydrogens is 228 g/mol. The lowest BCUT2D eigenvalue weighted by atomic mass is 9.99. The fourth-order valence-electron chi connectivity index (χ4n) is 3.14. The summed E-state index contributed by atoms with van der Waals surface area (Å²) in [5, 5.41) is 3.54. The van der Waals surface area contributed by atoms with Gasteiger partial charge in [-0.15, -0.1) is 0 Å². The van der Waals surface area contributed by atoms with E-state index in [4.69, 9.17) is 9.47 Å². The van der Waals surface area contributed by atoms with Gasteiger partial charge in [0.05, 0.1) is 6.61 Å². The summed E-state index contributed by atoms with van der Waals surface area (Å²) < 4.78 is 11.3. The fourth-order valence-corrected chi connectivity index (χ4v) is 3.14. The zero-order valence-corrected chi connectivity index (χ0v) is 12.1. The summed E-state index contributed by atoms with van der Waals surface area (Å²) in [4.78, 5) is 2.58. The summed E-state index contributed by atoms with van der Waals surface area (Å²) in [6, 6.07) is 0. The van der Waals surface area contributed by atoms with Crippen LogP contribution in [0.2, 0.25) is 0 Å². The third-order valence-electron chi connectivity index (χ3n) is 4.14. The monoisotopic (exact) mass is 256 g/mol. The van der Waals surface area contributed by atoms with Crippen LogP contribution in [0.15, 0.2) is 0 Å². The number of hydrogen-bond donors (Lipinski definition) is 1. The Hall–Kier alpha value is -0.160. The van der Waals surface area contributed by atoms with E-state index >= 15 is 0 Å². The largest absolute Gasteiger partial charge is 0.378 e. The molecule has 0 aliphatic carbocycles. The van der Waals surface area contributed by atoms with E-state index in [2.05, 4.69) is 24.1 Å². The Bertz CT molecular complexity index is 242. The summed E-state index contributed by atoms with van der Waals surface area (Å²) in [5.74, 6) is 1.41. The molecule has 0 amide bonds. The van der Waals surface area contributed by atoms with Crippen molar-refractivity contribution in [3.8, 4) is 0 Å². The Morgan fingerprint density at radius 1 is 1.28 bits per heavy atom. The average Bonchev–Trinajstić information content (AvgIpc) is 2.76. The van der Waals surface area contributed by atoms with Crippen LogP contribution in [0.25, 0.3) is 0 Å². The third-order valence-corrected chi connectivity index (χ3v) is 4.14. The van der Waals surface area contributed by atoms with Crippen LogP contribution in [-0.2, 0) is 9.47 Å². The second-order valence-corrected chi connectivity index (χ2v) is 6.25. The maximum Gasteiger partial charge on any atom is 0.106 e. The summed E-state index contributed by atoms with van der Waals surface area (Å²) in [5.41, 5.74) is -0.0634. The molecule has 2 rings (SSSR count). The van der Waals surface area contributed by atoms with Crippen LogP contribution in [0.1, 0.15) is 20.3 Å². The first-order chi connectivity index (χ1) is 8.63. The fraction of sp³-hybridized carbons (Fsp3) is 1.00. The number of nitrogens with one attached hydrogen (secondary N) is 1. The van der Waals surface area contributed by atoms with E-state index in [-0.39, 0.29) is 5.60 Å². The predicted molar refractivity (Wildman–Crippen MR) is 72.8 cm³/mol. The normalized spacial score (nSPS) is 39.5. The van der Waals surface area contributed by atoms with Crippen molar-refractivity contribution in [1.29, 1.82) is 0 Å². The SMILES string of the molecule is COC1(CN2CC(C)CNCC(C)C2)CCOC1. The molecule has 1 N–H and O–H groups in total. The van der Waals surface area contributed by atoms with Crippen LogP contribution in [0.4, 0.5) is 0 Å². The molecule has 2 saturated heterocycles. The van der Waals surface area contributed by atoms with E-state index in [0.717, 1.165) is 52.4 Å². The van der Waals surface area contributed by atoms with E-state index in [0.29, 0.717) is 11.8 Å². The van der Waals surface area contributed by atoms with Crippen LogP contribution in [0.3, 0.4) is 0 Å². The quantitative estimate of drug-likeness (QED) is 0.816. The van der Waals surface area contributed by atoms with Crippen LogP contribution in [0, 0.1) is 11.8 Å². The number of ether oxygens (including phenoxy) is 2. The third kappa shape index (κ3) is 3.67. The van der Waals surface area contributed by atoms with E-state index < -0.39 is 0 Å². The molecule has 2 heterocycles. The standard InChI is InChI=1S/C14H28N2O2/c1-12-6-15-7-13(2)9-16(8-12)10-14(17-3)4-5-18-11-14/h12-13,15H,4-11H2,1-3H3. The van der Waals surface area contributed by atoms with Crippen LogP contribution < -0.4 is 5.32 Å². The molecule has 0 aromatic carbocycles.